The number of fused-ring (bicyclic) bond motifs is 1. The van der Waals surface area contributed by atoms with E-state index in [-0.39, 0.29) is 5.57 Å². The summed E-state index contributed by atoms with van der Waals surface area (Å²) in [5, 5.41) is 2.61. The number of rotatable bonds is 1. The van der Waals surface area contributed by atoms with Crippen LogP contribution < -0.4 is 10.7 Å². The minimum atomic E-state index is -0.663. The number of carbonyl (C=O) groups excluding carboxylic acids is 3. The van der Waals surface area contributed by atoms with Crippen molar-refractivity contribution in [1.82, 2.24) is 14.4 Å². The molecule has 0 atom stereocenters. The van der Waals surface area contributed by atoms with Gasteiger partial charge in [0.25, 0.3) is 11.8 Å². The Labute approximate surface area is 150 Å². The second kappa shape index (κ2) is 6.15. The van der Waals surface area contributed by atoms with Crippen LogP contribution in [0.25, 0.3) is 26.9 Å². The van der Waals surface area contributed by atoms with Gasteiger partial charge in [0.1, 0.15) is 5.57 Å². The van der Waals surface area contributed by atoms with Crippen molar-refractivity contribution in [1.29, 1.82) is 0 Å². The van der Waals surface area contributed by atoms with Gasteiger partial charge in [-0.3, -0.25) is 19.4 Å². The molecule has 0 saturated carbocycles. The molecule has 2 aromatic rings. The number of nitrogens with zero attached hydrogens (tertiary/aromatic N) is 4. The molecule has 0 bridgehead atoms. The van der Waals surface area contributed by atoms with Crippen LogP contribution in [0.3, 0.4) is 0 Å². The molecule has 1 aliphatic heterocycles. The molecule has 132 valence electrons. The molecule has 2 heterocycles. The van der Waals surface area contributed by atoms with Crippen LogP contribution in [-0.2, 0) is 16.6 Å². The molecule has 7 nitrogen and oxygen atoms in total. The van der Waals surface area contributed by atoms with Crippen LogP contribution in [-0.4, -0.2) is 46.3 Å². The van der Waals surface area contributed by atoms with Crippen molar-refractivity contribution in [2.75, 3.05) is 14.1 Å². The fourth-order valence-electron chi connectivity index (χ4n) is 3.35. The SMILES string of the molecule is [C-]#[N+]/C(CC)=c1\c2ccccc2c(=C2C(=O)N(C)C(=O)N(C)C2=O)n1C. The summed E-state index contributed by atoms with van der Waals surface area (Å²) in [7, 11) is 4.43. The fourth-order valence-corrected chi connectivity index (χ4v) is 3.35. The van der Waals surface area contributed by atoms with Crippen LogP contribution >= 0.6 is 0 Å². The molecule has 1 aliphatic rings. The predicted molar refractivity (Wildman–Crippen MR) is 96.8 cm³/mol. The molecule has 7 heteroatoms. The quantitative estimate of drug-likeness (QED) is 0.715. The van der Waals surface area contributed by atoms with Crippen LogP contribution in [0.15, 0.2) is 24.3 Å². The van der Waals surface area contributed by atoms with E-state index in [1.54, 1.807) is 11.6 Å². The van der Waals surface area contributed by atoms with Crippen molar-refractivity contribution in [3.8, 4) is 0 Å². The van der Waals surface area contributed by atoms with E-state index in [1.807, 2.05) is 31.2 Å². The van der Waals surface area contributed by atoms with Gasteiger partial charge in [0.15, 0.2) is 5.70 Å². The van der Waals surface area contributed by atoms with Crippen molar-refractivity contribution in [2.45, 2.75) is 13.3 Å². The molecule has 0 aliphatic carbocycles. The highest BCUT2D eigenvalue weighted by Crippen LogP contribution is 2.17. The van der Waals surface area contributed by atoms with Gasteiger partial charge in [-0.25, -0.2) is 9.64 Å². The molecule has 26 heavy (non-hydrogen) atoms. The topological polar surface area (TPSA) is 67.0 Å². The number of aromatic nitrogens is 1. The molecule has 1 aromatic carbocycles. The highest BCUT2D eigenvalue weighted by molar-refractivity contribution is 6.46. The Morgan fingerprint density at radius 2 is 1.54 bits per heavy atom. The molecular weight excluding hydrogens is 332 g/mol. The van der Waals surface area contributed by atoms with E-state index in [0.717, 1.165) is 15.2 Å². The second-order valence-electron chi connectivity index (χ2n) is 6.10. The van der Waals surface area contributed by atoms with E-state index < -0.39 is 17.8 Å². The summed E-state index contributed by atoms with van der Waals surface area (Å²) in [6.07, 6.45) is 0.528. The maximum Gasteiger partial charge on any atom is 0.333 e. The monoisotopic (exact) mass is 350 g/mol. The van der Waals surface area contributed by atoms with Crippen LogP contribution in [0.4, 0.5) is 4.79 Å². The molecule has 3 rings (SSSR count). The van der Waals surface area contributed by atoms with Crippen molar-refractivity contribution in [3.63, 3.8) is 0 Å². The van der Waals surface area contributed by atoms with Gasteiger partial charge in [0.2, 0.25) is 0 Å². The first-order valence-electron chi connectivity index (χ1n) is 8.13. The average Bonchev–Trinajstić information content (AvgIpc) is 2.93. The zero-order chi connectivity index (χ0) is 19.2. The van der Waals surface area contributed by atoms with E-state index in [2.05, 4.69) is 4.85 Å². The molecule has 0 radical (unpaired) electrons. The Morgan fingerprint density at radius 3 is 2.04 bits per heavy atom. The first kappa shape index (κ1) is 17.4. The van der Waals surface area contributed by atoms with Gasteiger partial charge in [-0.15, -0.1) is 0 Å². The number of amides is 4. The van der Waals surface area contributed by atoms with E-state index >= 15 is 0 Å². The first-order valence-corrected chi connectivity index (χ1v) is 8.13. The van der Waals surface area contributed by atoms with Gasteiger partial charge in [-0.05, 0) is 11.8 Å². The van der Waals surface area contributed by atoms with Gasteiger partial charge in [0, 0.05) is 26.5 Å². The lowest BCUT2D eigenvalue weighted by Crippen LogP contribution is -2.54. The van der Waals surface area contributed by atoms with Crippen molar-refractivity contribution >= 4 is 39.9 Å². The van der Waals surface area contributed by atoms with Crippen molar-refractivity contribution in [2.24, 2.45) is 7.05 Å². The van der Waals surface area contributed by atoms with Gasteiger partial charge in [-0.1, -0.05) is 31.2 Å². The van der Waals surface area contributed by atoms with E-state index in [0.29, 0.717) is 28.2 Å². The molecule has 0 N–H and O–H groups in total. The summed E-state index contributed by atoms with van der Waals surface area (Å²) >= 11 is 0. The third-order valence-corrected chi connectivity index (χ3v) is 4.70. The molecule has 4 amide bonds. The van der Waals surface area contributed by atoms with Crippen molar-refractivity contribution < 1.29 is 14.4 Å². The summed E-state index contributed by atoms with van der Waals surface area (Å²) < 4.78 is 1.71. The highest BCUT2D eigenvalue weighted by atomic mass is 16.2. The maximum absolute atomic E-state index is 12.7. The minimum absolute atomic E-state index is 0.0695. The predicted octanol–water partition coefficient (Wildman–Crippen LogP) is 0.817. The van der Waals surface area contributed by atoms with Gasteiger partial charge in [-0.2, -0.15) is 0 Å². The van der Waals surface area contributed by atoms with Gasteiger partial charge < -0.3 is 4.57 Å². The minimum Gasteiger partial charge on any atom is -0.353 e. The lowest BCUT2D eigenvalue weighted by molar-refractivity contribution is -0.131. The summed E-state index contributed by atoms with van der Waals surface area (Å²) in [5.74, 6) is -1.28. The zero-order valence-electron chi connectivity index (χ0n) is 15.0. The number of urea groups is 1. The Hall–Kier alpha value is -3.40. The highest BCUT2D eigenvalue weighted by Gasteiger charge is 2.39. The summed E-state index contributed by atoms with van der Waals surface area (Å²) in [6.45, 7) is 9.35. The average molecular weight is 350 g/mol. The van der Waals surface area contributed by atoms with Crippen LogP contribution in [0.2, 0.25) is 0 Å². The standard InChI is InChI=1S/C19H18N4O3/c1-6-13(20-2)15-11-9-7-8-10-12(11)16(21(15)3)14-17(24)22(4)19(26)23(5)18(14)25/h7-10H,6H2,1,3-5H3/b15-13+. The normalized spacial score (nSPS) is 16.4. The summed E-state index contributed by atoms with van der Waals surface area (Å²) in [4.78, 5) is 43.0. The molecule has 1 aromatic heterocycles. The van der Waals surface area contributed by atoms with E-state index in [1.165, 1.54) is 14.1 Å². The molecule has 0 spiro atoms. The van der Waals surface area contributed by atoms with Crippen LogP contribution in [0, 0.1) is 6.57 Å². The van der Waals surface area contributed by atoms with Gasteiger partial charge >= 0.3 is 6.03 Å². The third-order valence-electron chi connectivity index (χ3n) is 4.70. The maximum atomic E-state index is 12.7. The third kappa shape index (κ3) is 2.23. The molecule has 1 fully saturated rings. The van der Waals surface area contributed by atoms with Crippen LogP contribution in [0.1, 0.15) is 13.3 Å². The molecular formula is C19H18N4O3. The Balaban J connectivity index is 2.62. The molecule has 0 unspecified atom stereocenters. The van der Waals surface area contributed by atoms with Crippen LogP contribution in [0.5, 0.6) is 0 Å². The lowest BCUT2D eigenvalue weighted by atomic mass is 10.1. The summed E-state index contributed by atoms with van der Waals surface area (Å²) in [5.41, 5.74) is 0.476. The zero-order valence-corrected chi connectivity index (χ0v) is 15.0. The number of imide groups is 2. The first-order chi connectivity index (χ1) is 12.3. The van der Waals surface area contributed by atoms with E-state index in [9.17, 15) is 14.4 Å². The Bertz CT molecular complexity index is 1110. The number of barbiturate groups is 1. The fraction of sp³-hybridized carbons (Fsp3) is 0.263. The van der Waals surface area contributed by atoms with Gasteiger partial charge in [0.05, 0.1) is 17.3 Å². The number of benzene rings is 1. The number of hydrogen-bond donors (Lipinski definition) is 0. The smallest absolute Gasteiger partial charge is 0.333 e. The lowest BCUT2D eigenvalue weighted by Gasteiger charge is -2.28. The number of carbonyl (C=O) groups is 3. The summed E-state index contributed by atoms with van der Waals surface area (Å²) in [6, 6.07) is 6.69. The Kier molecular flexibility index (Phi) is 4.12. The van der Waals surface area contributed by atoms with E-state index in [4.69, 9.17) is 6.57 Å². The molecule has 1 saturated heterocycles. The largest absolute Gasteiger partial charge is 0.353 e. The Morgan fingerprint density at radius 1 is 1.00 bits per heavy atom. The number of hydrogen-bond acceptors (Lipinski definition) is 3. The second-order valence-corrected chi connectivity index (χ2v) is 6.10. The van der Waals surface area contributed by atoms with Crippen molar-refractivity contribution in [3.05, 3.63) is 46.4 Å².